The molecule has 0 aliphatic carbocycles. The van der Waals surface area contributed by atoms with Gasteiger partial charge in [0.25, 0.3) is 0 Å². The number of carbonyl (C=O) groups is 1. The third-order valence-electron chi connectivity index (χ3n) is 5.88. The van der Waals surface area contributed by atoms with E-state index in [-0.39, 0.29) is 35.2 Å². The number of nitrogens with zero attached hydrogens (tertiary/aromatic N) is 2. The molecule has 0 aromatic heterocycles. The molecule has 0 radical (unpaired) electrons. The van der Waals surface area contributed by atoms with Crippen LogP contribution in [0, 0.1) is 27.7 Å². The van der Waals surface area contributed by atoms with Crippen LogP contribution in [-0.2, 0) is 14.6 Å². The third kappa shape index (κ3) is 4.65. The average Bonchev–Trinajstić information content (AvgIpc) is 3.16. The van der Waals surface area contributed by atoms with Crippen molar-refractivity contribution in [1.29, 1.82) is 0 Å². The van der Waals surface area contributed by atoms with E-state index in [4.69, 9.17) is 4.99 Å². The minimum Gasteiger partial charge on any atom is -0.325 e. The smallest absolute Gasteiger partial charge is 0.234 e. The van der Waals surface area contributed by atoms with Crippen molar-refractivity contribution in [2.24, 2.45) is 4.99 Å². The lowest BCUT2D eigenvalue weighted by Crippen LogP contribution is -2.39. The molecule has 0 saturated carbocycles. The quantitative estimate of drug-likeness (QED) is 0.758. The molecule has 0 bridgehead atoms. The van der Waals surface area contributed by atoms with E-state index in [0.29, 0.717) is 5.17 Å². The summed E-state index contributed by atoms with van der Waals surface area (Å²) in [4.78, 5) is 19.3. The van der Waals surface area contributed by atoms with Gasteiger partial charge in [0.15, 0.2) is 15.0 Å². The lowest BCUT2D eigenvalue weighted by atomic mass is 10.1. The van der Waals surface area contributed by atoms with Crippen molar-refractivity contribution in [1.82, 2.24) is 0 Å². The first-order valence-corrected chi connectivity index (χ1v) is 13.1. The predicted molar refractivity (Wildman–Crippen MR) is 129 cm³/mol. The Kier molecular flexibility index (Phi) is 5.87. The fourth-order valence-electron chi connectivity index (χ4n) is 4.00. The molecule has 2 aliphatic rings. The van der Waals surface area contributed by atoms with Gasteiger partial charge < -0.3 is 10.2 Å². The zero-order valence-electron chi connectivity index (χ0n) is 18.2. The van der Waals surface area contributed by atoms with Crippen LogP contribution in [0.2, 0.25) is 0 Å². The third-order valence-corrected chi connectivity index (χ3v) is 8.54. The number of nitrogens with one attached hydrogen (secondary N) is 1. The van der Waals surface area contributed by atoms with Crippen LogP contribution in [0.3, 0.4) is 0 Å². The van der Waals surface area contributed by atoms with Gasteiger partial charge in [-0.2, -0.15) is 0 Å². The molecule has 2 aliphatic heterocycles. The largest absolute Gasteiger partial charge is 0.325 e. The zero-order valence-corrected chi connectivity index (χ0v) is 19.8. The summed E-state index contributed by atoms with van der Waals surface area (Å²) in [6, 6.07) is 11.6. The number of carbonyl (C=O) groups excluding carboxylic acids is 1. The minimum absolute atomic E-state index is 0.0672. The van der Waals surface area contributed by atoms with Gasteiger partial charge in [0, 0.05) is 11.4 Å². The Bertz CT molecular complexity index is 1170. The van der Waals surface area contributed by atoms with Crippen LogP contribution >= 0.6 is 11.8 Å². The first kappa shape index (κ1) is 21.9. The number of hydrogen-bond acceptors (Lipinski definition) is 6. The van der Waals surface area contributed by atoms with Crippen LogP contribution < -0.4 is 10.2 Å². The standard InChI is InChI=1S/C23H27N3O3S2/c1-14-5-6-16(3)19(9-14)24-22(27)11-30-23-25-20-12-31(28,29)13-21(20)26(23)18-8-7-15(2)17(4)10-18/h5-10,20-21H,11-13H2,1-4H3,(H,24,27). The number of aryl methyl sites for hydroxylation is 4. The SMILES string of the molecule is Cc1ccc(C)c(NC(=O)CSC2=NC3CS(=O)(=O)CC3N2c2ccc(C)c(C)c2)c1. The van der Waals surface area contributed by atoms with E-state index >= 15 is 0 Å². The molecule has 1 fully saturated rings. The predicted octanol–water partition coefficient (Wildman–Crippen LogP) is 3.63. The maximum Gasteiger partial charge on any atom is 0.234 e. The van der Waals surface area contributed by atoms with E-state index in [0.717, 1.165) is 28.1 Å². The van der Waals surface area contributed by atoms with Gasteiger partial charge in [0.1, 0.15) is 0 Å². The van der Waals surface area contributed by atoms with Gasteiger partial charge in [0.05, 0.1) is 29.3 Å². The number of benzene rings is 2. The Hall–Kier alpha value is -2.32. The number of hydrogen-bond donors (Lipinski definition) is 1. The molecule has 31 heavy (non-hydrogen) atoms. The van der Waals surface area contributed by atoms with Gasteiger partial charge in [-0.05, 0) is 68.1 Å². The van der Waals surface area contributed by atoms with Crippen molar-refractivity contribution in [2.45, 2.75) is 39.8 Å². The molecule has 2 aromatic rings. The van der Waals surface area contributed by atoms with Crippen LogP contribution in [0.1, 0.15) is 22.3 Å². The summed E-state index contributed by atoms with van der Waals surface area (Å²) in [7, 11) is -3.11. The molecule has 2 unspecified atom stereocenters. The van der Waals surface area contributed by atoms with Crippen molar-refractivity contribution in [3.05, 3.63) is 58.7 Å². The van der Waals surface area contributed by atoms with Crippen molar-refractivity contribution in [3.63, 3.8) is 0 Å². The van der Waals surface area contributed by atoms with E-state index < -0.39 is 9.84 Å². The normalized spacial score (nSPS) is 21.7. The van der Waals surface area contributed by atoms with Crippen LogP contribution in [0.15, 0.2) is 41.4 Å². The fourth-order valence-corrected chi connectivity index (χ4v) is 6.76. The second kappa shape index (κ2) is 8.31. The van der Waals surface area contributed by atoms with Crippen molar-refractivity contribution < 1.29 is 13.2 Å². The summed E-state index contributed by atoms with van der Waals surface area (Å²) in [5, 5.41) is 3.69. The number of anilines is 2. The first-order valence-electron chi connectivity index (χ1n) is 10.3. The summed E-state index contributed by atoms with van der Waals surface area (Å²) in [6.07, 6.45) is 0. The highest BCUT2D eigenvalue weighted by Crippen LogP contribution is 2.35. The van der Waals surface area contributed by atoms with Crippen molar-refractivity contribution in [3.8, 4) is 0 Å². The van der Waals surface area contributed by atoms with Crippen molar-refractivity contribution >= 4 is 44.0 Å². The molecule has 2 atom stereocenters. The summed E-state index contributed by atoms with van der Waals surface area (Å²) in [5.41, 5.74) is 6.15. The number of fused-ring (bicyclic) bond motifs is 1. The van der Waals surface area contributed by atoms with Crippen LogP contribution in [0.5, 0.6) is 0 Å². The highest BCUT2D eigenvalue weighted by atomic mass is 32.2. The molecule has 0 spiro atoms. The Labute approximate surface area is 188 Å². The van der Waals surface area contributed by atoms with Crippen LogP contribution in [0.4, 0.5) is 11.4 Å². The molecular weight excluding hydrogens is 430 g/mol. The molecule has 164 valence electrons. The summed E-state index contributed by atoms with van der Waals surface area (Å²) in [6.45, 7) is 8.05. The average molecular weight is 458 g/mol. The lowest BCUT2D eigenvalue weighted by Gasteiger charge is -2.27. The summed E-state index contributed by atoms with van der Waals surface area (Å²) >= 11 is 1.36. The second-order valence-electron chi connectivity index (χ2n) is 8.42. The number of sulfone groups is 1. The molecule has 2 aromatic carbocycles. The minimum atomic E-state index is -3.11. The number of thioether (sulfide) groups is 1. The monoisotopic (exact) mass is 457 g/mol. The molecule has 6 nitrogen and oxygen atoms in total. The van der Waals surface area contributed by atoms with Gasteiger partial charge in [-0.15, -0.1) is 0 Å². The zero-order chi connectivity index (χ0) is 22.3. The number of amides is 1. The number of amidine groups is 1. The Morgan fingerprint density at radius 3 is 2.55 bits per heavy atom. The number of rotatable bonds is 4. The Morgan fingerprint density at radius 1 is 1.06 bits per heavy atom. The van der Waals surface area contributed by atoms with Crippen LogP contribution in [0.25, 0.3) is 0 Å². The maximum atomic E-state index is 12.6. The van der Waals surface area contributed by atoms with E-state index in [1.165, 1.54) is 17.3 Å². The molecule has 1 N–H and O–H groups in total. The molecule has 4 rings (SSSR count). The van der Waals surface area contributed by atoms with Gasteiger partial charge in [-0.3, -0.25) is 9.79 Å². The number of aliphatic imine (C=N–C) groups is 1. The van der Waals surface area contributed by atoms with Gasteiger partial charge >= 0.3 is 0 Å². The Balaban J connectivity index is 1.53. The van der Waals surface area contributed by atoms with Gasteiger partial charge in [-0.25, -0.2) is 8.42 Å². The lowest BCUT2D eigenvalue weighted by molar-refractivity contribution is -0.113. The highest BCUT2D eigenvalue weighted by molar-refractivity contribution is 8.14. The molecule has 2 heterocycles. The highest BCUT2D eigenvalue weighted by Gasteiger charge is 2.47. The summed E-state index contributed by atoms with van der Waals surface area (Å²) < 4.78 is 24.4. The molecular formula is C23H27N3O3S2. The molecule has 8 heteroatoms. The van der Waals surface area contributed by atoms with Gasteiger partial charge in [-0.1, -0.05) is 30.0 Å². The van der Waals surface area contributed by atoms with Crippen LogP contribution in [-0.4, -0.2) is 48.8 Å². The van der Waals surface area contributed by atoms with Gasteiger partial charge in [0.2, 0.25) is 5.91 Å². The van der Waals surface area contributed by atoms with E-state index in [9.17, 15) is 13.2 Å². The first-order chi connectivity index (χ1) is 14.6. The maximum absolute atomic E-state index is 12.6. The summed E-state index contributed by atoms with van der Waals surface area (Å²) in [5.74, 6) is 0.260. The van der Waals surface area contributed by atoms with E-state index in [1.807, 2.05) is 62.9 Å². The van der Waals surface area contributed by atoms with Crippen molar-refractivity contribution in [2.75, 3.05) is 27.5 Å². The van der Waals surface area contributed by atoms with E-state index in [2.05, 4.69) is 11.4 Å². The molecule has 1 saturated heterocycles. The second-order valence-corrected chi connectivity index (χ2v) is 11.5. The fraction of sp³-hybridized carbons (Fsp3) is 0.391. The molecule has 1 amide bonds. The topological polar surface area (TPSA) is 78.8 Å². The Morgan fingerprint density at radius 2 is 1.81 bits per heavy atom. The van der Waals surface area contributed by atoms with E-state index in [1.54, 1.807) is 0 Å².